The maximum atomic E-state index is 4.76. The van der Waals surface area contributed by atoms with Gasteiger partial charge < -0.3 is 5.32 Å². The van der Waals surface area contributed by atoms with Crippen molar-refractivity contribution in [3.8, 4) is 0 Å². The number of amidine groups is 1. The van der Waals surface area contributed by atoms with Crippen molar-refractivity contribution in [2.45, 2.75) is 44.9 Å². The number of nitrogens with one attached hydrogen (secondary N) is 1. The summed E-state index contributed by atoms with van der Waals surface area (Å²) in [6.07, 6.45) is 9.99. The molecular weight excluding hydrogens is 216 g/mol. The Morgan fingerprint density at radius 2 is 2.06 bits per heavy atom. The van der Waals surface area contributed by atoms with E-state index in [1.807, 2.05) is 11.8 Å². The summed E-state index contributed by atoms with van der Waals surface area (Å²) in [7, 11) is 0. The third-order valence-corrected chi connectivity index (χ3v) is 5.81. The van der Waals surface area contributed by atoms with Gasteiger partial charge in [0.2, 0.25) is 0 Å². The molecule has 0 amide bonds. The van der Waals surface area contributed by atoms with Crippen LogP contribution in [-0.4, -0.2) is 24.0 Å². The zero-order chi connectivity index (χ0) is 10.8. The van der Waals surface area contributed by atoms with Crippen molar-refractivity contribution in [1.29, 1.82) is 0 Å². The maximum Gasteiger partial charge on any atom is 0.156 e. The molecule has 2 saturated carbocycles. The Labute approximate surface area is 103 Å². The second-order valence-electron chi connectivity index (χ2n) is 5.79. The van der Waals surface area contributed by atoms with E-state index in [1.54, 1.807) is 0 Å². The van der Waals surface area contributed by atoms with Crippen LogP contribution in [-0.2, 0) is 0 Å². The third kappa shape index (κ3) is 2.24. The molecule has 0 aromatic heterocycles. The van der Waals surface area contributed by atoms with Crippen molar-refractivity contribution in [1.82, 2.24) is 5.32 Å². The molecular formula is C13H22N2S. The van der Waals surface area contributed by atoms with E-state index < -0.39 is 0 Å². The van der Waals surface area contributed by atoms with Crippen LogP contribution < -0.4 is 5.32 Å². The fourth-order valence-electron chi connectivity index (χ4n) is 3.02. The van der Waals surface area contributed by atoms with E-state index in [0.717, 1.165) is 12.5 Å². The predicted octanol–water partition coefficient (Wildman–Crippen LogP) is 3.04. The summed E-state index contributed by atoms with van der Waals surface area (Å²) in [5.41, 5.74) is 0.590. The van der Waals surface area contributed by atoms with Crippen LogP contribution in [0.15, 0.2) is 4.99 Å². The smallest absolute Gasteiger partial charge is 0.156 e. The molecule has 1 heterocycles. The molecule has 0 aromatic carbocycles. The highest BCUT2D eigenvalue weighted by Gasteiger charge is 2.36. The molecule has 1 N–H and O–H groups in total. The van der Waals surface area contributed by atoms with Gasteiger partial charge in [-0.3, -0.25) is 4.99 Å². The molecule has 0 saturated heterocycles. The molecule has 0 bridgehead atoms. The van der Waals surface area contributed by atoms with Crippen molar-refractivity contribution in [2.75, 3.05) is 18.8 Å². The quantitative estimate of drug-likeness (QED) is 0.799. The summed E-state index contributed by atoms with van der Waals surface area (Å²) in [5.74, 6) is 2.24. The Morgan fingerprint density at radius 3 is 2.62 bits per heavy atom. The number of nitrogens with zero attached hydrogens (tertiary/aromatic N) is 1. The fourth-order valence-corrected chi connectivity index (χ4v) is 4.18. The Balaban J connectivity index is 1.48. The van der Waals surface area contributed by atoms with Crippen LogP contribution in [0.25, 0.3) is 0 Å². The fraction of sp³-hybridized carbons (Fsp3) is 0.923. The minimum atomic E-state index is 0.590. The number of aliphatic imine (C=N–C) groups is 1. The largest absolute Gasteiger partial charge is 0.365 e. The molecule has 0 atom stereocenters. The molecule has 1 spiro atoms. The van der Waals surface area contributed by atoms with Crippen LogP contribution in [0.3, 0.4) is 0 Å². The lowest BCUT2D eigenvalue weighted by Gasteiger charge is -2.32. The molecule has 0 unspecified atom stereocenters. The maximum absolute atomic E-state index is 4.76. The van der Waals surface area contributed by atoms with Gasteiger partial charge in [-0.2, -0.15) is 0 Å². The standard InChI is InChI=1S/C13H22N2S/c1-2-7-13(6-1)9-15-12(16-10-13)14-8-11-4-3-5-11/h11H,1-10H2,(H,14,15). The summed E-state index contributed by atoms with van der Waals surface area (Å²) >= 11 is 1.97. The van der Waals surface area contributed by atoms with Gasteiger partial charge in [-0.15, -0.1) is 0 Å². The van der Waals surface area contributed by atoms with Crippen molar-refractivity contribution in [2.24, 2.45) is 16.3 Å². The Hall–Kier alpha value is -0.180. The second-order valence-corrected chi connectivity index (χ2v) is 6.76. The molecule has 90 valence electrons. The van der Waals surface area contributed by atoms with Gasteiger partial charge >= 0.3 is 0 Å². The number of thioether (sulfide) groups is 1. The van der Waals surface area contributed by atoms with E-state index in [2.05, 4.69) is 5.32 Å². The first kappa shape index (κ1) is 10.9. The van der Waals surface area contributed by atoms with Gasteiger partial charge in [0.1, 0.15) is 0 Å². The normalized spacial score (nSPS) is 28.9. The van der Waals surface area contributed by atoms with Gasteiger partial charge in [0.15, 0.2) is 5.17 Å². The molecule has 0 radical (unpaired) electrons. The highest BCUT2D eigenvalue weighted by atomic mass is 32.2. The minimum Gasteiger partial charge on any atom is -0.365 e. The van der Waals surface area contributed by atoms with Crippen molar-refractivity contribution in [3.63, 3.8) is 0 Å². The molecule has 3 aliphatic rings. The van der Waals surface area contributed by atoms with E-state index in [0.29, 0.717) is 5.41 Å². The summed E-state index contributed by atoms with van der Waals surface area (Å²) in [4.78, 5) is 4.76. The molecule has 0 aromatic rings. The Bertz CT molecular complexity index is 278. The van der Waals surface area contributed by atoms with Crippen LogP contribution in [0.1, 0.15) is 44.9 Å². The van der Waals surface area contributed by atoms with Gasteiger partial charge in [0, 0.05) is 18.8 Å². The van der Waals surface area contributed by atoms with E-state index in [-0.39, 0.29) is 0 Å². The van der Waals surface area contributed by atoms with Crippen LogP contribution >= 0.6 is 11.8 Å². The van der Waals surface area contributed by atoms with Crippen molar-refractivity contribution < 1.29 is 0 Å². The topological polar surface area (TPSA) is 24.4 Å². The molecule has 1 aliphatic heterocycles. The zero-order valence-corrected chi connectivity index (χ0v) is 10.8. The molecule has 16 heavy (non-hydrogen) atoms. The number of rotatable bonds is 2. The van der Waals surface area contributed by atoms with Crippen LogP contribution in [0.2, 0.25) is 0 Å². The monoisotopic (exact) mass is 238 g/mol. The van der Waals surface area contributed by atoms with E-state index in [9.17, 15) is 0 Å². The lowest BCUT2D eigenvalue weighted by Crippen LogP contribution is -2.36. The molecule has 3 rings (SSSR count). The van der Waals surface area contributed by atoms with Crippen LogP contribution in [0.5, 0.6) is 0 Å². The number of hydrogen-bond donors (Lipinski definition) is 1. The Morgan fingerprint density at radius 1 is 1.25 bits per heavy atom. The predicted molar refractivity (Wildman–Crippen MR) is 71.0 cm³/mol. The van der Waals surface area contributed by atoms with E-state index >= 15 is 0 Å². The zero-order valence-electron chi connectivity index (χ0n) is 10.0. The first-order valence-electron chi connectivity index (χ1n) is 6.78. The van der Waals surface area contributed by atoms with Gasteiger partial charge in [-0.25, -0.2) is 0 Å². The second kappa shape index (κ2) is 4.59. The van der Waals surface area contributed by atoms with Gasteiger partial charge in [0.25, 0.3) is 0 Å². The highest BCUT2D eigenvalue weighted by Crippen LogP contribution is 2.43. The first-order chi connectivity index (χ1) is 7.86. The third-order valence-electron chi connectivity index (χ3n) is 4.50. The van der Waals surface area contributed by atoms with E-state index in [1.165, 1.54) is 62.4 Å². The number of hydrogen-bond acceptors (Lipinski definition) is 3. The molecule has 2 fully saturated rings. The molecule has 2 aliphatic carbocycles. The average Bonchev–Trinajstić information content (AvgIpc) is 2.68. The Kier molecular flexibility index (Phi) is 3.14. The summed E-state index contributed by atoms with van der Waals surface area (Å²) in [5, 5.41) is 4.77. The van der Waals surface area contributed by atoms with Crippen molar-refractivity contribution in [3.05, 3.63) is 0 Å². The first-order valence-corrected chi connectivity index (χ1v) is 7.76. The van der Waals surface area contributed by atoms with Crippen molar-refractivity contribution >= 4 is 16.9 Å². The SMILES string of the molecule is C1CC(CNC2=NCC3(CCCC3)CS2)C1. The molecule has 2 nitrogen and oxygen atoms in total. The average molecular weight is 238 g/mol. The highest BCUT2D eigenvalue weighted by molar-refractivity contribution is 8.13. The summed E-state index contributed by atoms with van der Waals surface area (Å²) < 4.78 is 0. The van der Waals surface area contributed by atoms with E-state index in [4.69, 9.17) is 4.99 Å². The van der Waals surface area contributed by atoms with Gasteiger partial charge in [-0.1, -0.05) is 31.0 Å². The van der Waals surface area contributed by atoms with Gasteiger partial charge in [-0.05, 0) is 37.0 Å². The lowest BCUT2D eigenvalue weighted by atomic mass is 9.85. The minimum absolute atomic E-state index is 0.590. The summed E-state index contributed by atoms with van der Waals surface area (Å²) in [6.45, 7) is 2.26. The summed E-state index contributed by atoms with van der Waals surface area (Å²) in [6, 6.07) is 0. The molecule has 3 heteroatoms. The van der Waals surface area contributed by atoms with Crippen LogP contribution in [0.4, 0.5) is 0 Å². The van der Waals surface area contributed by atoms with Crippen LogP contribution in [0, 0.1) is 11.3 Å². The lowest BCUT2D eigenvalue weighted by molar-refractivity contribution is 0.315. The van der Waals surface area contributed by atoms with Gasteiger partial charge in [0.05, 0.1) is 0 Å².